The maximum Gasteiger partial charge on any atom is 0.492 e. The van der Waals surface area contributed by atoms with Crippen molar-refractivity contribution < 1.29 is 23.3 Å². The van der Waals surface area contributed by atoms with E-state index in [1.54, 1.807) is 6.26 Å². The number of hydrogen-bond acceptors (Lipinski definition) is 5. The number of hydrogen-bond donors (Lipinski definition) is 1. The molecular formula is C32H32BNO5. The van der Waals surface area contributed by atoms with Crippen LogP contribution >= 0.6 is 0 Å². The number of benzene rings is 3. The van der Waals surface area contributed by atoms with E-state index in [4.69, 9.17) is 18.5 Å². The van der Waals surface area contributed by atoms with Crippen LogP contribution in [0.3, 0.4) is 0 Å². The molecule has 0 bridgehead atoms. The molecule has 1 aromatic heterocycles. The Hall–Kier alpha value is -3.81. The Morgan fingerprint density at radius 1 is 0.897 bits per heavy atom. The molecular weight excluding hydrogens is 489 g/mol. The van der Waals surface area contributed by atoms with Crippen molar-refractivity contribution in [3.8, 4) is 11.1 Å². The summed E-state index contributed by atoms with van der Waals surface area (Å²) in [6.45, 7) is 8.50. The molecule has 1 amide bonds. The minimum absolute atomic E-state index is 0.00134. The molecule has 4 aromatic rings. The van der Waals surface area contributed by atoms with Crippen LogP contribution in [0.5, 0.6) is 0 Å². The van der Waals surface area contributed by atoms with Gasteiger partial charge in [-0.15, -0.1) is 0 Å². The fourth-order valence-corrected chi connectivity index (χ4v) is 5.33. The van der Waals surface area contributed by atoms with Crippen molar-refractivity contribution in [2.45, 2.75) is 44.8 Å². The summed E-state index contributed by atoms with van der Waals surface area (Å²) in [6, 6.07) is 24.4. The molecule has 2 heterocycles. The van der Waals surface area contributed by atoms with Gasteiger partial charge in [0.25, 0.3) is 0 Å². The van der Waals surface area contributed by atoms with Crippen molar-refractivity contribution in [2.24, 2.45) is 0 Å². The summed E-state index contributed by atoms with van der Waals surface area (Å²) in [4.78, 5) is 13.0. The Morgan fingerprint density at radius 2 is 1.49 bits per heavy atom. The Morgan fingerprint density at radius 3 is 2.15 bits per heavy atom. The quantitative estimate of drug-likeness (QED) is 0.277. The number of carbonyl (C=O) groups is 1. The maximum atomic E-state index is 13.0. The minimum Gasteiger partial charge on any atom is -0.464 e. The van der Waals surface area contributed by atoms with Gasteiger partial charge in [-0.3, -0.25) is 0 Å². The van der Waals surface area contributed by atoms with Gasteiger partial charge in [0.2, 0.25) is 0 Å². The van der Waals surface area contributed by atoms with Crippen molar-refractivity contribution in [3.63, 3.8) is 0 Å². The highest BCUT2D eigenvalue weighted by atomic mass is 16.7. The third kappa shape index (κ3) is 4.66. The first kappa shape index (κ1) is 25.5. The molecule has 1 fully saturated rings. The second kappa shape index (κ2) is 9.74. The van der Waals surface area contributed by atoms with Gasteiger partial charge >= 0.3 is 13.2 Å². The zero-order valence-electron chi connectivity index (χ0n) is 22.7. The molecule has 0 unspecified atom stereocenters. The molecule has 0 saturated carbocycles. The third-order valence-electron chi connectivity index (χ3n) is 8.19. The lowest BCUT2D eigenvalue weighted by Gasteiger charge is -2.32. The molecule has 1 aliphatic carbocycles. The van der Waals surface area contributed by atoms with Crippen molar-refractivity contribution in [1.82, 2.24) is 5.32 Å². The minimum atomic E-state index is -0.627. The molecule has 0 radical (unpaired) electrons. The fraction of sp³-hybridized carbons (Fsp3) is 0.281. The largest absolute Gasteiger partial charge is 0.492 e. The average molecular weight is 521 g/mol. The van der Waals surface area contributed by atoms with Gasteiger partial charge in [-0.2, -0.15) is 0 Å². The van der Waals surface area contributed by atoms with Crippen molar-refractivity contribution in [3.05, 3.63) is 101 Å². The second-order valence-electron chi connectivity index (χ2n) is 11.2. The molecule has 7 heteroatoms. The molecule has 1 aliphatic heterocycles. The predicted octanol–water partition coefficient (Wildman–Crippen LogP) is 6.99. The number of para-hydroxylation sites is 1. The topological polar surface area (TPSA) is 69.9 Å². The van der Waals surface area contributed by atoms with E-state index in [9.17, 15) is 4.79 Å². The first-order chi connectivity index (χ1) is 18.7. The van der Waals surface area contributed by atoms with Crippen molar-refractivity contribution >= 4 is 30.3 Å². The molecule has 1 N–H and O–H groups in total. The number of alkyl carbamates (subject to hydrolysis) is 1. The van der Waals surface area contributed by atoms with Crippen molar-refractivity contribution in [1.29, 1.82) is 0 Å². The van der Waals surface area contributed by atoms with E-state index >= 15 is 0 Å². The van der Waals surface area contributed by atoms with E-state index in [1.807, 2.05) is 82.3 Å². The van der Waals surface area contributed by atoms with E-state index in [-0.39, 0.29) is 19.1 Å². The molecule has 2 aliphatic rings. The number of carbonyl (C=O) groups excluding carboxylic acids is 1. The Labute approximate surface area is 229 Å². The highest BCUT2D eigenvalue weighted by Gasteiger charge is 2.52. The summed E-state index contributed by atoms with van der Waals surface area (Å²) < 4.78 is 24.1. The maximum absolute atomic E-state index is 13.0. The zero-order valence-corrected chi connectivity index (χ0v) is 22.7. The molecule has 3 aromatic carbocycles. The van der Waals surface area contributed by atoms with Crippen LogP contribution in [-0.4, -0.2) is 37.6 Å². The van der Waals surface area contributed by atoms with E-state index < -0.39 is 24.4 Å². The smallest absolute Gasteiger partial charge is 0.464 e. The highest BCUT2D eigenvalue weighted by Crippen LogP contribution is 2.44. The lowest BCUT2D eigenvalue weighted by molar-refractivity contribution is 0.00578. The summed E-state index contributed by atoms with van der Waals surface area (Å²) in [6.07, 6.45) is 3.19. The molecule has 198 valence electrons. The molecule has 0 spiro atoms. The number of furan rings is 1. The first-order valence-corrected chi connectivity index (χ1v) is 13.3. The number of fused-ring (bicyclic) bond motifs is 4. The predicted molar refractivity (Wildman–Crippen MR) is 153 cm³/mol. The van der Waals surface area contributed by atoms with Crippen LogP contribution in [-0.2, 0) is 14.0 Å². The van der Waals surface area contributed by atoms with Crippen LogP contribution in [0.2, 0.25) is 0 Å². The lowest BCUT2D eigenvalue weighted by Crippen LogP contribution is -2.41. The number of ether oxygens (including phenoxy) is 1. The van der Waals surface area contributed by atoms with Crippen LogP contribution in [0, 0.1) is 0 Å². The van der Waals surface area contributed by atoms with Crippen LogP contribution in [0.4, 0.5) is 4.79 Å². The molecule has 1 saturated heterocycles. The van der Waals surface area contributed by atoms with Gasteiger partial charge < -0.3 is 23.8 Å². The summed E-state index contributed by atoms with van der Waals surface area (Å²) in [5.74, 6) is -0.00134. The normalized spacial score (nSPS) is 17.7. The number of amides is 1. The molecule has 6 nitrogen and oxygen atoms in total. The summed E-state index contributed by atoms with van der Waals surface area (Å²) in [7, 11) is -0.627. The first-order valence-electron chi connectivity index (χ1n) is 13.3. The van der Waals surface area contributed by atoms with Crippen LogP contribution in [0.15, 0.2) is 88.9 Å². The van der Waals surface area contributed by atoms with Gasteiger partial charge in [-0.25, -0.2) is 4.79 Å². The third-order valence-corrected chi connectivity index (χ3v) is 8.19. The van der Waals surface area contributed by atoms with E-state index in [0.717, 1.165) is 22.0 Å². The van der Waals surface area contributed by atoms with Crippen LogP contribution in [0.1, 0.15) is 50.3 Å². The average Bonchev–Trinajstić information content (AvgIpc) is 3.54. The fourth-order valence-electron chi connectivity index (χ4n) is 5.33. The van der Waals surface area contributed by atoms with Crippen LogP contribution < -0.4 is 5.32 Å². The summed E-state index contributed by atoms with van der Waals surface area (Å²) in [5, 5.41) is 3.91. The van der Waals surface area contributed by atoms with Crippen molar-refractivity contribution in [2.75, 3.05) is 13.2 Å². The van der Waals surface area contributed by atoms with E-state index in [1.165, 1.54) is 22.3 Å². The monoisotopic (exact) mass is 521 g/mol. The molecule has 6 rings (SSSR count). The Balaban J connectivity index is 1.19. The van der Waals surface area contributed by atoms with Gasteiger partial charge in [-0.1, -0.05) is 72.8 Å². The zero-order chi connectivity index (χ0) is 27.2. The van der Waals surface area contributed by atoms with E-state index in [0.29, 0.717) is 0 Å². The van der Waals surface area contributed by atoms with Crippen LogP contribution in [0.25, 0.3) is 28.2 Å². The van der Waals surface area contributed by atoms with Gasteiger partial charge in [0.05, 0.1) is 17.5 Å². The second-order valence-corrected chi connectivity index (χ2v) is 11.2. The Bertz CT molecular complexity index is 1510. The SMILES string of the molecule is CC1(C)OB(C(=Cc2coc3ccccc23)CNC(=O)OCC2c3ccccc3-c3ccccc32)OC1(C)C. The Kier molecular flexibility index (Phi) is 6.36. The van der Waals surface area contributed by atoms with Gasteiger partial charge in [-0.05, 0) is 61.5 Å². The molecule has 39 heavy (non-hydrogen) atoms. The number of rotatable bonds is 6. The summed E-state index contributed by atoms with van der Waals surface area (Å²) >= 11 is 0. The van der Waals surface area contributed by atoms with Gasteiger partial charge in [0.15, 0.2) is 0 Å². The highest BCUT2D eigenvalue weighted by molar-refractivity contribution is 6.56. The molecule has 0 atom stereocenters. The van der Waals surface area contributed by atoms with Gasteiger partial charge in [0.1, 0.15) is 12.2 Å². The summed E-state index contributed by atoms with van der Waals surface area (Å²) in [5.41, 5.74) is 6.17. The number of nitrogens with one attached hydrogen (secondary N) is 1. The standard InChI is InChI=1S/C32H32BNO5/c1-31(2)32(3,4)39-33(38-31)22(17-21-19-36-29-16-10-9-11-23(21)29)18-34-30(35)37-20-28-26-14-7-5-12-24(26)25-13-6-8-15-27(25)28/h5-17,19,28H,18,20H2,1-4H3,(H,34,35). The lowest BCUT2D eigenvalue weighted by atomic mass is 9.77. The van der Waals surface area contributed by atoms with Gasteiger partial charge in [0, 0.05) is 23.4 Å². The van der Waals surface area contributed by atoms with E-state index in [2.05, 4.69) is 29.6 Å².